The highest BCUT2D eigenvalue weighted by atomic mass is 32.2. The van der Waals surface area contributed by atoms with Crippen molar-refractivity contribution in [1.82, 2.24) is 10.2 Å². The molecule has 1 fully saturated rings. The summed E-state index contributed by atoms with van der Waals surface area (Å²) in [7, 11) is 0. The molecule has 1 saturated heterocycles. The number of likely N-dealkylation sites (tertiary alicyclic amines) is 1. The van der Waals surface area contributed by atoms with Crippen LogP contribution in [0, 0.1) is 5.92 Å². The van der Waals surface area contributed by atoms with Gasteiger partial charge in [0.05, 0.1) is 12.5 Å². The van der Waals surface area contributed by atoms with Crippen molar-refractivity contribution in [3.63, 3.8) is 0 Å². The molecule has 2 aromatic rings. The zero-order valence-electron chi connectivity index (χ0n) is 14.7. The van der Waals surface area contributed by atoms with Crippen LogP contribution in [0.2, 0.25) is 0 Å². The predicted octanol–water partition coefficient (Wildman–Crippen LogP) is 4.03. The maximum absolute atomic E-state index is 12.6. The molecule has 0 aliphatic carbocycles. The Morgan fingerprint density at radius 1 is 1.31 bits per heavy atom. The summed E-state index contributed by atoms with van der Waals surface area (Å²) < 4.78 is 0. The quantitative estimate of drug-likeness (QED) is 0.759. The van der Waals surface area contributed by atoms with Gasteiger partial charge in [0, 0.05) is 28.5 Å². The molecule has 26 heavy (non-hydrogen) atoms. The summed E-state index contributed by atoms with van der Waals surface area (Å²) in [4.78, 5) is 29.0. The number of hydrogen-bond acceptors (Lipinski definition) is 4. The minimum absolute atomic E-state index is 0.0148. The molecule has 1 aliphatic heterocycles. The summed E-state index contributed by atoms with van der Waals surface area (Å²) in [6.45, 7) is 1.69. The molecule has 138 valence electrons. The first-order valence-electron chi connectivity index (χ1n) is 8.66. The van der Waals surface area contributed by atoms with Crippen molar-refractivity contribution >= 4 is 40.7 Å². The van der Waals surface area contributed by atoms with Gasteiger partial charge in [0.1, 0.15) is 0 Å². The average molecular weight is 390 g/mol. The lowest BCUT2D eigenvalue weighted by molar-refractivity contribution is -0.121. The summed E-state index contributed by atoms with van der Waals surface area (Å²) in [6.07, 6.45) is 3.66. The Morgan fingerprint density at radius 3 is 2.96 bits per heavy atom. The standard InChI is InChI=1S/C19H23N3O2S2/c1-25-16-7-2-6-15(11-16)21-18(23)14-5-3-9-22(13-14)19(24)20-12-17-8-4-10-26-17/h2,4,6-8,10-11,14H,3,5,9,12-13H2,1H3,(H,20,24)(H,21,23). The molecule has 1 aromatic carbocycles. The van der Waals surface area contributed by atoms with Gasteiger partial charge < -0.3 is 15.5 Å². The second kappa shape index (κ2) is 9.09. The molecule has 1 aliphatic rings. The topological polar surface area (TPSA) is 61.4 Å². The third-order valence-electron chi connectivity index (χ3n) is 4.41. The smallest absolute Gasteiger partial charge is 0.317 e. The van der Waals surface area contributed by atoms with Crippen molar-refractivity contribution in [2.75, 3.05) is 24.7 Å². The van der Waals surface area contributed by atoms with Gasteiger partial charge in [0.25, 0.3) is 0 Å². The second-order valence-corrected chi connectivity index (χ2v) is 8.16. The fraction of sp³-hybridized carbons (Fsp3) is 0.368. The van der Waals surface area contributed by atoms with Crippen molar-refractivity contribution in [3.8, 4) is 0 Å². The summed E-state index contributed by atoms with van der Waals surface area (Å²) >= 11 is 3.26. The van der Waals surface area contributed by atoms with Crippen LogP contribution in [0.25, 0.3) is 0 Å². The molecule has 2 heterocycles. The Labute approximate surface area is 162 Å². The Balaban J connectivity index is 1.53. The van der Waals surface area contributed by atoms with Gasteiger partial charge in [-0.25, -0.2) is 4.79 Å². The zero-order chi connectivity index (χ0) is 18.4. The molecule has 2 N–H and O–H groups in total. The Bertz CT molecular complexity index is 749. The lowest BCUT2D eigenvalue weighted by Crippen LogP contribution is -2.47. The molecule has 5 nitrogen and oxygen atoms in total. The Morgan fingerprint density at radius 2 is 2.19 bits per heavy atom. The van der Waals surface area contributed by atoms with E-state index >= 15 is 0 Å². The number of thioether (sulfide) groups is 1. The maximum Gasteiger partial charge on any atom is 0.317 e. The molecular formula is C19H23N3O2S2. The van der Waals surface area contributed by atoms with Crippen molar-refractivity contribution in [1.29, 1.82) is 0 Å². The molecule has 0 radical (unpaired) electrons. The summed E-state index contributed by atoms with van der Waals surface area (Å²) in [5, 5.41) is 7.93. The monoisotopic (exact) mass is 389 g/mol. The fourth-order valence-electron chi connectivity index (χ4n) is 3.01. The molecule has 1 unspecified atom stereocenters. The van der Waals surface area contributed by atoms with Gasteiger partial charge in [-0.1, -0.05) is 12.1 Å². The zero-order valence-corrected chi connectivity index (χ0v) is 16.4. The molecule has 1 atom stereocenters. The van der Waals surface area contributed by atoms with E-state index in [0.29, 0.717) is 19.6 Å². The lowest BCUT2D eigenvalue weighted by atomic mass is 9.97. The van der Waals surface area contributed by atoms with Crippen LogP contribution in [-0.2, 0) is 11.3 Å². The minimum Gasteiger partial charge on any atom is -0.333 e. The SMILES string of the molecule is CSc1cccc(NC(=O)C2CCCN(C(=O)NCc3cccs3)C2)c1. The van der Waals surface area contributed by atoms with Crippen molar-refractivity contribution in [3.05, 3.63) is 46.7 Å². The molecule has 1 aromatic heterocycles. The van der Waals surface area contributed by atoms with E-state index in [1.807, 2.05) is 48.0 Å². The maximum atomic E-state index is 12.6. The minimum atomic E-state index is -0.172. The van der Waals surface area contributed by atoms with Crippen LogP contribution in [0.1, 0.15) is 17.7 Å². The van der Waals surface area contributed by atoms with Gasteiger partial charge in [0.2, 0.25) is 5.91 Å². The predicted molar refractivity (Wildman–Crippen MR) is 108 cm³/mol. The van der Waals surface area contributed by atoms with Gasteiger partial charge in [-0.05, 0) is 48.7 Å². The largest absolute Gasteiger partial charge is 0.333 e. The molecule has 0 saturated carbocycles. The Kier molecular flexibility index (Phi) is 6.57. The molecule has 3 rings (SSSR count). The third kappa shape index (κ3) is 5.02. The van der Waals surface area contributed by atoms with Crippen LogP contribution >= 0.6 is 23.1 Å². The first kappa shape index (κ1) is 18.8. The number of nitrogens with one attached hydrogen (secondary N) is 2. The van der Waals surface area contributed by atoms with E-state index < -0.39 is 0 Å². The second-order valence-electron chi connectivity index (χ2n) is 6.24. The number of thiophene rings is 1. The van der Waals surface area contributed by atoms with Crippen molar-refractivity contribution in [2.45, 2.75) is 24.3 Å². The molecule has 0 spiro atoms. The normalized spacial score (nSPS) is 17.0. The summed E-state index contributed by atoms with van der Waals surface area (Å²) in [5.41, 5.74) is 0.807. The van der Waals surface area contributed by atoms with Crippen molar-refractivity contribution in [2.24, 2.45) is 5.92 Å². The van der Waals surface area contributed by atoms with E-state index in [1.54, 1.807) is 28.0 Å². The van der Waals surface area contributed by atoms with Crippen LogP contribution in [-0.4, -0.2) is 36.2 Å². The van der Waals surface area contributed by atoms with Crippen LogP contribution in [0.4, 0.5) is 10.5 Å². The van der Waals surface area contributed by atoms with Crippen LogP contribution in [0.5, 0.6) is 0 Å². The summed E-state index contributed by atoms with van der Waals surface area (Å²) in [6, 6.07) is 11.7. The number of urea groups is 1. The number of anilines is 1. The number of carbonyl (C=O) groups excluding carboxylic acids is 2. The number of rotatable bonds is 5. The number of amides is 3. The van der Waals surface area contributed by atoms with E-state index in [4.69, 9.17) is 0 Å². The number of carbonyl (C=O) groups is 2. The highest BCUT2D eigenvalue weighted by Crippen LogP contribution is 2.22. The molecule has 3 amide bonds. The summed E-state index contributed by atoms with van der Waals surface area (Å²) in [5.74, 6) is -0.187. The fourth-order valence-corrected chi connectivity index (χ4v) is 4.11. The number of piperidine rings is 1. The van der Waals surface area contributed by atoms with Gasteiger partial charge in [-0.15, -0.1) is 23.1 Å². The van der Waals surface area contributed by atoms with Gasteiger partial charge in [-0.3, -0.25) is 4.79 Å². The Hall–Kier alpha value is -1.99. The number of benzene rings is 1. The number of hydrogen-bond donors (Lipinski definition) is 2. The average Bonchev–Trinajstić information content (AvgIpc) is 3.20. The first-order valence-corrected chi connectivity index (χ1v) is 10.8. The van der Waals surface area contributed by atoms with E-state index in [2.05, 4.69) is 10.6 Å². The third-order valence-corrected chi connectivity index (χ3v) is 6.01. The molecular weight excluding hydrogens is 366 g/mol. The van der Waals surface area contributed by atoms with Crippen molar-refractivity contribution < 1.29 is 9.59 Å². The van der Waals surface area contributed by atoms with Gasteiger partial charge in [-0.2, -0.15) is 0 Å². The van der Waals surface area contributed by atoms with E-state index in [-0.39, 0.29) is 17.9 Å². The molecule has 7 heteroatoms. The first-order chi connectivity index (χ1) is 12.7. The van der Waals surface area contributed by atoms with Gasteiger partial charge >= 0.3 is 6.03 Å². The van der Waals surface area contributed by atoms with Crippen LogP contribution < -0.4 is 10.6 Å². The van der Waals surface area contributed by atoms with E-state index in [1.165, 1.54) is 0 Å². The van der Waals surface area contributed by atoms with Gasteiger partial charge in [0.15, 0.2) is 0 Å². The lowest BCUT2D eigenvalue weighted by Gasteiger charge is -2.32. The number of nitrogens with zero attached hydrogens (tertiary/aromatic N) is 1. The van der Waals surface area contributed by atoms with E-state index in [0.717, 1.165) is 28.3 Å². The van der Waals surface area contributed by atoms with Crippen LogP contribution in [0.15, 0.2) is 46.7 Å². The highest BCUT2D eigenvalue weighted by molar-refractivity contribution is 7.98. The molecule has 0 bridgehead atoms. The highest BCUT2D eigenvalue weighted by Gasteiger charge is 2.28. The van der Waals surface area contributed by atoms with Crippen LogP contribution in [0.3, 0.4) is 0 Å². The van der Waals surface area contributed by atoms with E-state index in [9.17, 15) is 9.59 Å².